The third-order valence-electron chi connectivity index (χ3n) is 5.88. The van der Waals surface area contributed by atoms with Gasteiger partial charge in [-0.25, -0.2) is 9.78 Å². The van der Waals surface area contributed by atoms with E-state index in [0.717, 1.165) is 16.2 Å². The molecule has 0 aliphatic carbocycles. The monoisotopic (exact) mass is 524 g/mol. The van der Waals surface area contributed by atoms with Crippen LogP contribution in [0.4, 0.5) is 5.13 Å². The Balaban J connectivity index is 2.01. The maximum Gasteiger partial charge on any atom is 0.350 e. The van der Waals surface area contributed by atoms with Crippen LogP contribution in [-0.2, 0) is 14.3 Å². The van der Waals surface area contributed by atoms with Crippen molar-refractivity contribution >= 4 is 39.9 Å². The van der Waals surface area contributed by atoms with Crippen LogP contribution in [0, 0.1) is 6.92 Å². The highest BCUT2D eigenvalue weighted by atomic mass is 32.1. The third kappa shape index (κ3) is 4.38. The number of aromatic nitrogens is 1. The lowest BCUT2D eigenvalue weighted by atomic mass is 9.94. The number of aliphatic hydroxyl groups is 1. The van der Waals surface area contributed by atoms with Crippen molar-refractivity contribution < 1.29 is 38.4 Å². The second kappa shape index (κ2) is 10.3. The van der Waals surface area contributed by atoms with Crippen LogP contribution in [0.2, 0.25) is 0 Å². The molecule has 1 N–H and O–H groups in total. The van der Waals surface area contributed by atoms with E-state index < -0.39 is 29.5 Å². The number of aliphatic hydroxyl groups excluding tert-OH is 1. The number of nitrogens with zero attached hydrogens (tertiary/aromatic N) is 2. The maximum atomic E-state index is 13.5. The van der Waals surface area contributed by atoms with Gasteiger partial charge in [0, 0.05) is 11.1 Å². The number of anilines is 1. The van der Waals surface area contributed by atoms with Gasteiger partial charge in [0.25, 0.3) is 5.78 Å². The number of ketones is 1. The van der Waals surface area contributed by atoms with Crippen molar-refractivity contribution in [2.24, 2.45) is 0 Å². The number of hydrogen-bond acceptors (Lipinski definition) is 10. The molecule has 0 bridgehead atoms. The Morgan fingerprint density at radius 2 is 1.76 bits per heavy atom. The van der Waals surface area contributed by atoms with E-state index in [2.05, 4.69) is 4.98 Å². The van der Waals surface area contributed by atoms with E-state index in [0.29, 0.717) is 22.8 Å². The molecule has 1 atom stereocenters. The first kappa shape index (κ1) is 25.7. The molecule has 2 heterocycles. The molecule has 11 heteroatoms. The smallest absolute Gasteiger partial charge is 0.350 e. The van der Waals surface area contributed by atoms with Gasteiger partial charge in [0.1, 0.15) is 22.4 Å². The predicted octanol–water partition coefficient (Wildman–Crippen LogP) is 3.89. The molecule has 1 unspecified atom stereocenters. The molecule has 1 aromatic heterocycles. The molecule has 192 valence electrons. The standard InChI is InChI=1S/C26H24N2O8S/c1-13-23(25(32)36-5)37-26(27-13)28-19(16-10-7-11-17(34-3)22(16)35-4)18(21(30)24(28)31)20(29)14-8-6-9-15(12-14)33-2/h6-12,19,29H,1-5H3. The van der Waals surface area contributed by atoms with E-state index in [9.17, 15) is 19.5 Å². The molecule has 3 aromatic rings. The van der Waals surface area contributed by atoms with Crippen molar-refractivity contribution in [2.45, 2.75) is 13.0 Å². The van der Waals surface area contributed by atoms with Gasteiger partial charge in [-0.2, -0.15) is 0 Å². The van der Waals surface area contributed by atoms with Crippen molar-refractivity contribution in [3.63, 3.8) is 0 Å². The SMILES string of the molecule is COC(=O)c1sc(N2C(=O)C(=O)C(=C(O)c3cccc(OC)c3)C2c2cccc(OC)c2OC)nc1C. The molecule has 0 spiro atoms. The van der Waals surface area contributed by atoms with Crippen LogP contribution in [0.15, 0.2) is 48.0 Å². The maximum absolute atomic E-state index is 13.5. The number of aryl methyl sites for hydroxylation is 1. The molecule has 0 saturated carbocycles. The molecule has 1 fully saturated rings. The highest BCUT2D eigenvalue weighted by Crippen LogP contribution is 2.48. The molecular formula is C26H24N2O8S. The van der Waals surface area contributed by atoms with Gasteiger partial charge in [0.2, 0.25) is 0 Å². The minimum atomic E-state index is -1.15. The molecular weight excluding hydrogens is 500 g/mol. The van der Waals surface area contributed by atoms with E-state index in [-0.39, 0.29) is 26.9 Å². The van der Waals surface area contributed by atoms with Crippen molar-refractivity contribution in [1.29, 1.82) is 0 Å². The number of rotatable bonds is 7. The second-order valence-corrected chi connectivity index (χ2v) is 8.86. The summed E-state index contributed by atoms with van der Waals surface area (Å²) >= 11 is 0.904. The van der Waals surface area contributed by atoms with Gasteiger partial charge >= 0.3 is 11.9 Å². The number of benzene rings is 2. The molecule has 2 aromatic carbocycles. The fourth-order valence-electron chi connectivity index (χ4n) is 4.14. The highest BCUT2D eigenvalue weighted by Gasteiger charge is 2.49. The fraction of sp³-hybridized carbons (Fsp3) is 0.231. The molecule has 4 rings (SSSR count). The van der Waals surface area contributed by atoms with Gasteiger partial charge in [0.15, 0.2) is 16.6 Å². The van der Waals surface area contributed by atoms with Crippen molar-refractivity contribution in [3.05, 3.63) is 69.7 Å². The molecule has 37 heavy (non-hydrogen) atoms. The van der Waals surface area contributed by atoms with Gasteiger partial charge in [0.05, 0.1) is 39.7 Å². The number of methoxy groups -OCH3 is 4. The number of amides is 1. The summed E-state index contributed by atoms with van der Waals surface area (Å²) in [6.07, 6.45) is 0. The number of carbonyl (C=O) groups is 3. The number of carbonyl (C=O) groups excluding carboxylic acids is 3. The van der Waals surface area contributed by atoms with E-state index in [1.807, 2.05) is 0 Å². The molecule has 1 saturated heterocycles. The summed E-state index contributed by atoms with van der Waals surface area (Å²) in [5, 5.41) is 11.4. The Hall–Kier alpha value is -4.38. The third-order valence-corrected chi connectivity index (χ3v) is 7.01. The second-order valence-electron chi connectivity index (χ2n) is 7.89. The zero-order valence-corrected chi connectivity index (χ0v) is 21.5. The lowest BCUT2D eigenvalue weighted by Crippen LogP contribution is -2.29. The van der Waals surface area contributed by atoms with E-state index >= 15 is 0 Å². The molecule has 1 amide bonds. The molecule has 10 nitrogen and oxygen atoms in total. The number of esters is 1. The minimum Gasteiger partial charge on any atom is -0.507 e. The first-order valence-corrected chi connectivity index (χ1v) is 11.8. The Morgan fingerprint density at radius 3 is 2.41 bits per heavy atom. The quantitative estimate of drug-likeness (QED) is 0.212. The zero-order chi connectivity index (χ0) is 26.9. The van der Waals surface area contributed by atoms with Crippen molar-refractivity contribution in [1.82, 2.24) is 4.98 Å². The molecule has 1 aliphatic heterocycles. The van der Waals surface area contributed by atoms with Crippen LogP contribution in [0.25, 0.3) is 5.76 Å². The van der Waals surface area contributed by atoms with Gasteiger partial charge < -0.3 is 24.1 Å². The summed E-state index contributed by atoms with van der Waals surface area (Å²) in [6.45, 7) is 1.60. The van der Waals surface area contributed by atoms with E-state index in [1.165, 1.54) is 28.4 Å². The number of Topliss-reactive ketones (excluding diaryl/α,β-unsaturated/α-hetero) is 1. The summed E-state index contributed by atoms with van der Waals surface area (Å²) < 4.78 is 21.1. The van der Waals surface area contributed by atoms with Crippen LogP contribution >= 0.6 is 11.3 Å². The van der Waals surface area contributed by atoms with Crippen LogP contribution < -0.4 is 19.1 Å². The van der Waals surface area contributed by atoms with Gasteiger partial charge in [-0.1, -0.05) is 35.6 Å². The van der Waals surface area contributed by atoms with Gasteiger partial charge in [-0.15, -0.1) is 0 Å². The lowest BCUT2D eigenvalue weighted by Gasteiger charge is -2.25. The Labute approximate surface area is 216 Å². The zero-order valence-electron chi connectivity index (χ0n) is 20.7. The average Bonchev–Trinajstić information content (AvgIpc) is 3.43. The Kier molecular flexibility index (Phi) is 7.16. The Morgan fingerprint density at radius 1 is 1.03 bits per heavy atom. The first-order valence-electron chi connectivity index (χ1n) is 11.0. The number of para-hydroxylation sites is 1. The summed E-state index contributed by atoms with van der Waals surface area (Å²) in [5.41, 5.74) is 0.794. The summed E-state index contributed by atoms with van der Waals surface area (Å²) in [6, 6.07) is 10.3. The van der Waals surface area contributed by atoms with Gasteiger partial charge in [-0.3, -0.25) is 14.5 Å². The number of thiazole rings is 1. The van der Waals surface area contributed by atoms with E-state index in [1.54, 1.807) is 49.4 Å². The average molecular weight is 525 g/mol. The van der Waals surface area contributed by atoms with Crippen LogP contribution in [0.1, 0.15) is 32.5 Å². The largest absolute Gasteiger partial charge is 0.507 e. The summed E-state index contributed by atoms with van der Waals surface area (Å²) in [7, 11) is 5.60. The highest BCUT2D eigenvalue weighted by molar-refractivity contribution is 7.17. The van der Waals surface area contributed by atoms with Crippen LogP contribution in [0.5, 0.6) is 17.2 Å². The fourth-order valence-corrected chi connectivity index (χ4v) is 5.16. The molecule has 0 radical (unpaired) electrons. The van der Waals surface area contributed by atoms with E-state index in [4.69, 9.17) is 18.9 Å². The van der Waals surface area contributed by atoms with Gasteiger partial charge in [-0.05, 0) is 25.1 Å². The molecule has 1 aliphatic rings. The van der Waals surface area contributed by atoms with Crippen molar-refractivity contribution in [3.8, 4) is 17.2 Å². The lowest BCUT2D eigenvalue weighted by molar-refractivity contribution is -0.132. The summed E-state index contributed by atoms with van der Waals surface area (Å²) in [5.74, 6) is -1.81. The summed E-state index contributed by atoms with van der Waals surface area (Å²) in [4.78, 5) is 44.9. The first-order chi connectivity index (χ1) is 17.8. The minimum absolute atomic E-state index is 0.0829. The van der Waals surface area contributed by atoms with Crippen LogP contribution in [0.3, 0.4) is 0 Å². The van der Waals surface area contributed by atoms with Crippen LogP contribution in [-0.4, -0.2) is 56.2 Å². The normalized spacial score (nSPS) is 16.6. The Bertz CT molecular complexity index is 1430. The van der Waals surface area contributed by atoms with Crippen molar-refractivity contribution in [2.75, 3.05) is 33.3 Å². The topological polar surface area (TPSA) is 124 Å². The number of ether oxygens (including phenoxy) is 4. The predicted molar refractivity (Wildman–Crippen MR) is 136 cm³/mol. The number of hydrogen-bond donors (Lipinski definition) is 1.